The van der Waals surface area contributed by atoms with Crippen molar-refractivity contribution in [3.63, 3.8) is 0 Å². The summed E-state index contributed by atoms with van der Waals surface area (Å²) in [7, 11) is 0. The van der Waals surface area contributed by atoms with Crippen molar-refractivity contribution in [2.45, 2.75) is 32.7 Å². The van der Waals surface area contributed by atoms with Crippen molar-refractivity contribution in [3.8, 4) is 28.5 Å². The molecule has 0 atom stereocenters. The number of rotatable bonds is 7. The lowest BCUT2D eigenvalue weighted by Crippen LogP contribution is -2.33. The van der Waals surface area contributed by atoms with Gasteiger partial charge in [-0.05, 0) is 86.4 Å². The highest BCUT2D eigenvalue weighted by atomic mass is 16.5. The van der Waals surface area contributed by atoms with Gasteiger partial charge in [-0.2, -0.15) is 0 Å². The fourth-order valence-corrected chi connectivity index (χ4v) is 5.04. The van der Waals surface area contributed by atoms with Crippen molar-refractivity contribution < 1.29 is 14.9 Å². The summed E-state index contributed by atoms with van der Waals surface area (Å²) in [6.07, 6.45) is 3.94. The molecule has 5 rings (SSSR count). The predicted octanol–water partition coefficient (Wildman–Crippen LogP) is 5.94. The molecule has 2 N–H and O–H groups in total. The molecule has 1 saturated heterocycles. The van der Waals surface area contributed by atoms with Crippen molar-refractivity contribution in [2.75, 3.05) is 26.2 Å². The van der Waals surface area contributed by atoms with Crippen LogP contribution in [0.15, 0.2) is 66.7 Å². The standard InChI is InChI=1S/C29H32N2O3/c1-21-26-19-23(32)11-14-27(26)31(29(21)25-7-3-4-8-28(25)33)20-22-9-12-24(13-10-22)34-18-17-30-15-5-2-6-16-30/h3-4,7-14,19,32-33H,2,5-6,15-18,20H2,1H3. The lowest BCUT2D eigenvalue weighted by atomic mass is 10.1. The second kappa shape index (κ2) is 9.82. The number of piperidine rings is 1. The Morgan fingerprint density at radius 3 is 2.41 bits per heavy atom. The number of aromatic hydroxyl groups is 2. The molecule has 2 heterocycles. The van der Waals surface area contributed by atoms with Gasteiger partial charge in [-0.25, -0.2) is 0 Å². The van der Waals surface area contributed by atoms with Crippen LogP contribution in [0.25, 0.3) is 22.2 Å². The molecule has 0 aliphatic carbocycles. The highest BCUT2D eigenvalue weighted by molar-refractivity contribution is 5.93. The summed E-state index contributed by atoms with van der Waals surface area (Å²) in [5.41, 5.74) is 4.94. The van der Waals surface area contributed by atoms with Crippen LogP contribution in [0.5, 0.6) is 17.2 Å². The minimum atomic E-state index is 0.239. The third kappa shape index (κ3) is 4.62. The van der Waals surface area contributed by atoms with E-state index in [0.717, 1.165) is 45.6 Å². The molecule has 0 spiro atoms. The van der Waals surface area contributed by atoms with Crippen molar-refractivity contribution in [3.05, 3.63) is 77.9 Å². The number of aryl methyl sites for hydroxylation is 1. The smallest absolute Gasteiger partial charge is 0.124 e. The van der Waals surface area contributed by atoms with Gasteiger partial charge in [0.25, 0.3) is 0 Å². The summed E-state index contributed by atoms with van der Waals surface area (Å²) in [6.45, 7) is 6.74. The minimum absolute atomic E-state index is 0.239. The Morgan fingerprint density at radius 2 is 1.65 bits per heavy atom. The Balaban J connectivity index is 1.39. The molecule has 1 aliphatic heterocycles. The minimum Gasteiger partial charge on any atom is -0.508 e. The topological polar surface area (TPSA) is 57.9 Å². The zero-order valence-electron chi connectivity index (χ0n) is 19.7. The number of ether oxygens (including phenoxy) is 1. The van der Waals surface area contributed by atoms with Crippen molar-refractivity contribution in [1.82, 2.24) is 9.47 Å². The average Bonchev–Trinajstić information content (AvgIpc) is 3.12. The zero-order chi connectivity index (χ0) is 23.5. The van der Waals surface area contributed by atoms with Gasteiger partial charge in [0.15, 0.2) is 0 Å². The largest absolute Gasteiger partial charge is 0.508 e. The second-order valence-corrected chi connectivity index (χ2v) is 9.17. The number of hydrogen-bond acceptors (Lipinski definition) is 4. The Kier molecular flexibility index (Phi) is 6.45. The van der Waals surface area contributed by atoms with Gasteiger partial charge in [-0.1, -0.05) is 30.7 Å². The fourth-order valence-electron chi connectivity index (χ4n) is 5.04. The predicted molar refractivity (Wildman–Crippen MR) is 137 cm³/mol. The van der Waals surface area contributed by atoms with Crippen LogP contribution in [-0.2, 0) is 6.54 Å². The number of fused-ring (bicyclic) bond motifs is 1. The number of likely N-dealkylation sites (tertiary alicyclic amines) is 1. The van der Waals surface area contributed by atoms with Gasteiger partial charge in [0.05, 0.1) is 5.69 Å². The molecule has 4 aromatic rings. The van der Waals surface area contributed by atoms with Crippen LogP contribution in [-0.4, -0.2) is 45.9 Å². The van der Waals surface area contributed by atoms with Crippen LogP contribution in [0.2, 0.25) is 0 Å². The Hall–Kier alpha value is -3.44. The van der Waals surface area contributed by atoms with Crippen molar-refractivity contribution in [1.29, 1.82) is 0 Å². The monoisotopic (exact) mass is 456 g/mol. The van der Waals surface area contributed by atoms with E-state index in [1.54, 1.807) is 18.2 Å². The van der Waals surface area contributed by atoms with Crippen LogP contribution < -0.4 is 4.74 Å². The molecule has 0 unspecified atom stereocenters. The third-order valence-electron chi connectivity index (χ3n) is 6.85. The first-order valence-electron chi connectivity index (χ1n) is 12.1. The molecule has 1 fully saturated rings. The van der Waals surface area contributed by atoms with Crippen LogP contribution in [0.1, 0.15) is 30.4 Å². The SMILES string of the molecule is Cc1c(-c2ccccc2O)n(Cc2ccc(OCCN3CCCCC3)cc2)c2ccc(O)cc12. The Bertz CT molecular complexity index is 1270. The van der Waals surface area contributed by atoms with Gasteiger partial charge < -0.3 is 19.5 Å². The van der Waals surface area contributed by atoms with Crippen LogP contribution >= 0.6 is 0 Å². The van der Waals surface area contributed by atoms with Gasteiger partial charge in [0, 0.05) is 29.6 Å². The first-order valence-corrected chi connectivity index (χ1v) is 12.1. The summed E-state index contributed by atoms with van der Waals surface area (Å²) >= 11 is 0. The molecule has 5 heteroatoms. The number of para-hydroxylation sites is 1. The first-order chi connectivity index (χ1) is 16.6. The molecule has 0 radical (unpaired) electrons. The molecule has 1 aliphatic rings. The van der Waals surface area contributed by atoms with E-state index >= 15 is 0 Å². The molecule has 34 heavy (non-hydrogen) atoms. The number of hydrogen-bond donors (Lipinski definition) is 2. The summed E-state index contributed by atoms with van der Waals surface area (Å²) in [6, 6.07) is 21.1. The van der Waals surface area contributed by atoms with Crippen molar-refractivity contribution in [2.24, 2.45) is 0 Å². The molecular formula is C29H32N2O3. The maximum atomic E-state index is 10.6. The van der Waals surface area contributed by atoms with Gasteiger partial charge in [-0.3, -0.25) is 4.90 Å². The average molecular weight is 457 g/mol. The molecule has 1 aromatic heterocycles. The van der Waals surface area contributed by atoms with Crippen LogP contribution in [0.3, 0.4) is 0 Å². The van der Waals surface area contributed by atoms with E-state index in [2.05, 4.69) is 21.6 Å². The van der Waals surface area contributed by atoms with Gasteiger partial charge in [-0.15, -0.1) is 0 Å². The zero-order valence-corrected chi connectivity index (χ0v) is 19.7. The normalized spacial score (nSPS) is 14.5. The van der Waals surface area contributed by atoms with Gasteiger partial charge in [0.2, 0.25) is 0 Å². The second-order valence-electron chi connectivity index (χ2n) is 9.17. The first kappa shape index (κ1) is 22.4. The van der Waals surface area contributed by atoms with E-state index in [0.29, 0.717) is 13.2 Å². The lowest BCUT2D eigenvalue weighted by molar-refractivity contribution is 0.183. The quantitative estimate of drug-likeness (QED) is 0.361. The molecule has 0 bridgehead atoms. The maximum absolute atomic E-state index is 10.6. The highest BCUT2D eigenvalue weighted by Crippen LogP contribution is 2.39. The lowest BCUT2D eigenvalue weighted by Gasteiger charge is -2.26. The molecular weight excluding hydrogens is 424 g/mol. The number of aromatic nitrogens is 1. The van der Waals surface area contributed by atoms with Crippen molar-refractivity contribution >= 4 is 10.9 Å². The van der Waals surface area contributed by atoms with E-state index in [1.165, 1.54) is 32.4 Å². The molecule has 5 nitrogen and oxygen atoms in total. The summed E-state index contributed by atoms with van der Waals surface area (Å²) in [4.78, 5) is 2.48. The highest BCUT2D eigenvalue weighted by Gasteiger charge is 2.19. The van der Waals surface area contributed by atoms with Gasteiger partial charge >= 0.3 is 0 Å². The summed E-state index contributed by atoms with van der Waals surface area (Å²) in [5, 5.41) is 21.7. The maximum Gasteiger partial charge on any atom is 0.124 e. The number of nitrogens with zero attached hydrogens (tertiary/aromatic N) is 2. The van der Waals surface area contributed by atoms with Crippen LogP contribution in [0.4, 0.5) is 0 Å². The third-order valence-corrected chi connectivity index (χ3v) is 6.85. The molecule has 0 amide bonds. The number of benzene rings is 3. The molecule has 176 valence electrons. The fraction of sp³-hybridized carbons (Fsp3) is 0.310. The Labute approximate surface area is 200 Å². The van der Waals surface area contributed by atoms with Gasteiger partial charge in [0.1, 0.15) is 23.9 Å². The Morgan fingerprint density at radius 1 is 0.882 bits per heavy atom. The van der Waals surface area contributed by atoms with Crippen LogP contribution in [0, 0.1) is 6.92 Å². The molecule has 0 saturated carbocycles. The molecule has 3 aromatic carbocycles. The number of phenolic OH excluding ortho intramolecular Hbond substituents is 2. The van der Waals surface area contributed by atoms with E-state index in [-0.39, 0.29) is 11.5 Å². The number of phenols is 2. The van der Waals surface area contributed by atoms with E-state index in [4.69, 9.17) is 4.74 Å². The summed E-state index contributed by atoms with van der Waals surface area (Å²) < 4.78 is 8.21. The summed E-state index contributed by atoms with van der Waals surface area (Å²) in [5.74, 6) is 1.37. The van der Waals surface area contributed by atoms with E-state index in [1.807, 2.05) is 43.3 Å². The van der Waals surface area contributed by atoms with E-state index < -0.39 is 0 Å². The van der Waals surface area contributed by atoms with E-state index in [9.17, 15) is 10.2 Å².